The molecule has 0 radical (unpaired) electrons. The normalized spacial score (nSPS) is 15.8. The van der Waals surface area contributed by atoms with Crippen LogP contribution in [0.4, 0.5) is 0 Å². The van der Waals surface area contributed by atoms with Crippen molar-refractivity contribution in [1.29, 1.82) is 0 Å². The maximum atomic E-state index is 12.0. The molecule has 0 unspecified atom stereocenters. The molecule has 6 nitrogen and oxygen atoms in total. The van der Waals surface area contributed by atoms with Gasteiger partial charge in [0.15, 0.2) is 5.69 Å². The van der Waals surface area contributed by atoms with Crippen LogP contribution in [0.1, 0.15) is 60.7 Å². The molecule has 6 heteroatoms. The second kappa shape index (κ2) is 7.24. The van der Waals surface area contributed by atoms with Crippen molar-refractivity contribution in [3.63, 3.8) is 0 Å². The maximum absolute atomic E-state index is 12.0. The van der Waals surface area contributed by atoms with Gasteiger partial charge in [0.25, 0.3) is 5.91 Å². The third-order valence-electron chi connectivity index (χ3n) is 4.21. The average molecular weight is 302 g/mol. The zero-order chi connectivity index (χ0) is 15.2. The van der Waals surface area contributed by atoms with Gasteiger partial charge >= 0.3 is 0 Å². The number of rotatable bonds is 6. The Hall–Kier alpha value is -2.11. The van der Waals surface area contributed by atoms with Crippen LogP contribution in [0.25, 0.3) is 0 Å². The van der Waals surface area contributed by atoms with Gasteiger partial charge in [-0.3, -0.25) is 4.79 Å². The summed E-state index contributed by atoms with van der Waals surface area (Å²) in [6, 6.07) is 1.81. The molecule has 0 aliphatic heterocycles. The third-order valence-corrected chi connectivity index (χ3v) is 4.21. The van der Waals surface area contributed by atoms with Crippen molar-refractivity contribution in [3.8, 4) is 0 Å². The van der Waals surface area contributed by atoms with Crippen molar-refractivity contribution < 1.29 is 9.32 Å². The summed E-state index contributed by atoms with van der Waals surface area (Å²) < 4.78 is 7.36. The largest absolute Gasteiger partial charge is 0.360 e. The van der Waals surface area contributed by atoms with Crippen LogP contribution in [0, 0.1) is 0 Å². The minimum Gasteiger partial charge on any atom is -0.360 e. The lowest BCUT2D eigenvalue weighted by molar-refractivity contribution is 0.0943. The molecule has 1 aliphatic rings. The summed E-state index contributed by atoms with van der Waals surface area (Å²) in [6.07, 6.45) is 12.3. The monoisotopic (exact) mass is 302 g/mol. The van der Waals surface area contributed by atoms with Crippen molar-refractivity contribution in [1.82, 2.24) is 20.0 Å². The smallest absolute Gasteiger partial charge is 0.273 e. The molecule has 0 saturated heterocycles. The second-order valence-corrected chi connectivity index (χ2v) is 5.86. The highest BCUT2D eigenvalue weighted by molar-refractivity contribution is 5.92. The molecular weight excluding hydrogens is 280 g/mol. The van der Waals surface area contributed by atoms with Crippen molar-refractivity contribution in [3.05, 3.63) is 36.2 Å². The van der Waals surface area contributed by atoms with Crippen molar-refractivity contribution in [2.75, 3.05) is 6.54 Å². The zero-order valence-electron chi connectivity index (χ0n) is 12.7. The molecule has 0 atom stereocenters. The van der Waals surface area contributed by atoms with E-state index in [1.54, 1.807) is 18.6 Å². The topological polar surface area (TPSA) is 73.0 Å². The fourth-order valence-corrected chi connectivity index (χ4v) is 2.95. The van der Waals surface area contributed by atoms with E-state index in [1.165, 1.54) is 19.3 Å². The summed E-state index contributed by atoms with van der Waals surface area (Å²) >= 11 is 0. The summed E-state index contributed by atoms with van der Waals surface area (Å²) in [7, 11) is 0. The molecule has 2 aromatic heterocycles. The molecule has 0 spiro atoms. The standard InChI is InChI=1S/C16H22N4O2/c21-16(18-7-4-9-20-10-8-17-12-20)14-11-15(22-19-14)13-5-2-1-3-6-13/h8,10-13H,1-7,9H2,(H,18,21). The molecule has 1 N–H and O–H groups in total. The minimum absolute atomic E-state index is 0.156. The van der Waals surface area contributed by atoms with E-state index >= 15 is 0 Å². The van der Waals surface area contributed by atoms with Gasteiger partial charge < -0.3 is 14.4 Å². The molecule has 3 rings (SSSR count). The number of nitrogens with zero attached hydrogens (tertiary/aromatic N) is 3. The van der Waals surface area contributed by atoms with Gasteiger partial charge in [-0.2, -0.15) is 0 Å². The second-order valence-electron chi connectivity index (χ2n) is 5.86. The van der Waals surface area contributed by atoms with Gasteiger partial charge in [-0.15, -0.1) is 0 Å². The van der Waals surface area contributed by atoms with Crippen LogP contribution in [0.5, 0.6) is 0 Å². The quantitative estimate of drug-likeness (QED) is 0.833. The number of amides is 1. The predicted octanol–water partition coefficient (Wildman–Crippen LogP) is 2.74. The van der Waals surface area contributed by atoms with Crippen molar-refractivity contribution in [2.45, 2.75) is 51.0 Å². The molecule has 22 heavy (non-hydrogen) atoms. The highest BCUT2D eigenvalue weighted by Crippen LogP contribution is 2.32. The van der Waals surface area contributed by atoms with Gasteiger partial charge in [-0.1, -0.05) is 24.4 Å². The SMILES string of the molecule is O=C(NCCCn1ccnc1)c1cc(C2CCCCC2)on1. The maximum Gasteiger partial charge on any atom is 0.273 e. The lowest BCUT2D eigenvalue weighted by Crippen LogP contribution is -2.25. The van der Waals surface area contributed by atoms with Crippen LogP contribution >= 0.6 is 0 Å². The highest BCUT2D eigenvalue weighted by atomic mass is 16.5. The van der Waals surface area contributed by atoms with Gasteiger partial charge in [0, 0.05) is 37.5 Å². The number of hydrogen-bond acceptors (Lipinski definition) is 4. The fourth-order valence-electron chi connectivity index (χ4n) is 2.95. The van der Waals surface area contributed by atoms with E-state index < -0.39 is 0 Å². The Morgan fingerprint density at radius 2 is 2.23 bits per heavy atom. The average Bonchev–Trinajstić information content (AvgIpc) is 3.24. The van der Waals surface area contributed by atoms with E-state index in [1.807, 2.05) is 10.8 Å². The van der Waals surface area contributed by atoms with Gasteiger partial charge in [-0.25, -0.2) is 4.98 Å². The summed E-state index contributed by atoms with van der Waals surface area (Å²) in [5.41, 5.74) is 0.392. The van der Waals surface area contributed by atoms with E-state index in [0.717, 1.165) is 31.6 Å². The van der Waals surface area contributed by atoms with Gasteiger partial charge in [0.05, 0.1) is 6.33 Å². The molecular formula is C16H22N4O2. The van der Waals surface area contributed by atoms with E-state index in [9.17, 15) is 4.79 Å². The first-order valence-corrected chi connectivity index (χ1v) is 8.03. The molecule has 2 heterocycles. The lowest BCUT2D eigenvalue weighted by Gasteiger charge is -2.18. The highest BCUT2D eigenvalue weighted by Gasteiger charge is 2.21. The molecule has 2 aromatic rings. The molecule has 0 aromatic carbocycles. The summed E-state index contributed by atoms with van der Waals surface area (Å²) in [5, 5.41) is 6.80. The predicted molar refractivity (Wildman–Crippen MR) is 81.5 cm³/mol. The first-order valence-electron chi connectivity index (χ1n) is 8.03. The Labute approximate surface area is 129 Å². The van der Waals surface area contributed by atoms with Crippen molar-refractivity contribution >= 4 is 5.91 Å². The van der Waals surface area contributed by atoms with Gasteiger partial charge in [0.2, 0.25) is 0 Å². The number of aromatic nitrogens is 3. The van der Waals surface area contributed by atoms with Gasteiger partial charge in [-0.05, 0) is 19.3 Å². The minimum atomic E-state index is -0.156. The Kier molecular flexibility index (Phi) is 4.88. The fraction of sp³-hybridized carbons (Fsp3) is 0.562. The molecule has 1 fully saturated rings. The van der Waals surface area contributed by atoms with E-state index in [2.05, 4.69) is 15.5 Å². The summed E-state index contributed by atoms with van der Waals surface area (Å²) in [6.45, 7) is 1.45. The molecule has 1 amide bonds. The number of hydrogen-bond donors (Lipinski definition) is 1. The third kappa shape index (κ3) is 3.75. The molecule has 0 bridgehead atoms. The van der Waals surface area contributed by atoms with E-state index in [4.69, 9.17) is 4.52 Å². The lowest BCUT2D eigenvalue weighted by atomic mass is 9.87. The van der Waals surface area contributed by atoms with E-state index in [0.29, 0.717) is 18.2 Å². The van der Waals surface area contributed by atoms with Crippen molar-refractivity contribution in [2.24, 2.45) is 0 Å². The molecule has 1 aliphatic carbocycles. The Balaban J connectivity index is 1.44. The van der Waals surface area contributed by atoms with Crippen LogP contribution in [-0.4, -0.2) is 27.2 Å². The number of nitrogens with one attached hydrogen (secondary N) is 1. The van der Waals surface area contributed by atoms with Crippen LogP contribution in [0.2, 0.25) is 0 Å². The molecule has 1 saturated carbocycles. The number of imidazole rings is 1. The summed E-state index contributed by atoms with van der Waals surface area (Å²) in [4.78, 5) is 16.0. The van der Waals surface area contributed by atoms with Crippen LogP contribution in [0.3, 0.4) is 0 Å². The number of carbonyl (C=O) groups excluding carboxylic acids is 1. The first kappa shape index (κ1) is 14.8. The van der Waals surface area contributed by atoms with Crippen LogP contribution < -0.4 is 5.32 Å². The summed E-state index contributed by atoms with van der Waals surface area (Å²) in [5.74, 6) is 1.14. The Morgan fingerprint density at radius 3 is 3.00 bits per heavy atom. The Morgan fingerprint density at radius 1 is 1.36 bits per heavy atom. The number of carbonyl (C=O) groups is 1. The van der Waals surface area contributed by atoms with Gasteiger partial charge in [0.1, 0.15) is 5.76 Å². The Bertz CT molecular complexity index is 585. The number of aryl methyl sites for hydroxylation is 1. The molecule has 118 valence electrons. The first-order chi connectivity index (χ1) is 10.8. The van der Waals surface area contributed by atoms with Crippen LogP contribution in [-0.2, 0) is 6.54 Å². The zero-order valence-corrected chi connectivity index (χ0v) is 12.7. The van der Waals surface area contributed by atoms with Crippen LogP contribution in [0.15, 0.2) is 29.3 Å². The van der Waals surface area contributed by atoms with E-state index in [-0.39, 0.29) is 5.91 Å².